The van der Waals surface area contributed by atoms with Crippen LogP contribution >= 0.6 is 7.82 Å². The van der Waals surface area contributed by atoms with Crippen molar-refractivity contribution in [3.63, 3.8) is 0 Å². The fourth-order valence-corrected chi connectivity index (χ4v) is 4.42. The molecule has 15 heteroatoms. The van der Waals surface area contributed by atoms with Gasteiger partial charge in [-0.2, -0.15) is 10.2 Å². The van der Waals surface area contributed by atoms with Crippen LogP contribution in [-0.4, -0.2) is 52.8 Å². The average Bonchev–Trinajstić information content (AvgIpc) is 3.45. The summed E-state index contributed by atoms with van der Waals surface area (Å²) in [5.74, 6) is -0.436. The molecule has 0 aliphatic carbocycles. The summed E-state index contributed by atoms with van der Waals surface area (Å²) in [4.78, 5) is 37.2. The van der Waals surface area contributed by atoms with Gasteiger partial charge < -0.3 is 24.7 Å². The van der Waals surface area contributed by atoms with Gasteiger partial charge in [0.05, 0.1) is 18.2 Å². The molecule has 3 N–H and O–H groups in total. The molecule has 2 aromatic rings. The van der Waals surface area contributed by atoms with Crippen LogP contribution in [0.25, 0.3) is 0 Å². The van der Waals surface area contributed by atoms with Crippen LogP contribution in [0.2, 0.25) is 0 Å². The maximum Gasteiger partial charge on any atom is 0.573 e. The zero-order valence-electron chi connectivity index (χ0n) is 18.1. The topological polar surface area (TPSA) is 146 Å². The van der Waals surface area contributed by atoms with E-state index < -0.39 is 31.9 Å². The second-order valence-corrected chi connectivity index (χ2v) is 9.09. The number of benzene rings is 1. The van der Waals surface area contributed by atoms with Gasteiger partial charge in [0.1, 0.15) is 17.6 Å². The number of ether oxygens (including phenoxy) is 1. The molecule has 4 rings (SSSR count). The average molecular weight is 515 g/mol. The Morgan fingerprint density at radius 2 is 1.94 bits per heavy atom. The normalized spacial score (nSPS) is 20.3. The van der Waals surface area contributed by atoms with E-state index in [1.165, 1.54) is 18.3 Å². The number of azo groups is 1. The third-order valence-electron chi connectivity index (χ3n) is 5.32. The number of hydrogen-bond donors (Lipinski definition) is 3. The molecule has 0 bridgehead atoms. The number of carbonyl (C=O) groups is 1. The Balaban J connectivity index is 1.51. The number of rotatable bonds is 7. The number of phosphoric acid groups is 1. The first kappa shape index (κ1) is 25.0. The molecule has 188 valence electrons. The number of halogens is 3. The van der Waals surface area contributed by atoms with Gasteiger partial charge in [0.2, 0.25) is 0 Å². The van der Waals surface area contributed by atoms with Crippen LogP contribution in [0.4, 0.5) is 24.7 Å². The first-order chi connectivity index (χ1) is 16.5. The quantitative estimate of drug-likeness (QED) is 0.472. The number of alkyl halides is 3. The van der Waals surface area contributed by atoms with Gasteiger partial charge in [0.25, 0.3) is 5.91 Å². The summed E-state index contributed by atoms with van der Waals surface area (Å²) in [5.41, 5.74) is 1.08. The van der Waals surface area contributed by atoms with Gasteiger partial charge in [-0.05, 0) is 43.2 Å². The lowest BCUT2D eigenvalue weighted by Crippen LogP contribution is -2.25. The van der Waals surface area contributed by atoms with Crippen molar-refractivity contribution >= 4 is 25.2 Å². The first-order valence-electron chi connectivity index (χ1n) is 10.5. The highest BCUT2D eigenvalue weighted by Crippen LogP contribution is 2.41. The summed E-state index contributed by atoms with van der Waals surface area (Å²) in [7, 11) is -4.63. The summed E-state index contributed by atoms with van der Waals surface area (Å²) < 4.78 is 56.7. The minimum absolute atomic E-state index is 0.198. The van der Waals surface area contributed by atoms with E-state index in [1.54, 1.807) is 6.07 Å². The van der Waals surface area contributed by atoms with Crippen molar-refractivity contribution in [1.82, 2.24) is 4.98 Å². The van der Waals surface area contributed by atoms with Crippen LogP contribution in [0.5, 0.6) is 5.75 Å². The Morgan fingerprint density at radius 1 is 1.20 bits per heavy atom. The van der Waals surface area contributed by atoms with Crippen molar-refractivity contribution in [1.29, 1.82) is 0 Å². The Kier molecular flexibility index (Phi) is 7.08. The second-order valence-electron chi connectivity index (χ2n) is 7.90. The number of carbonyl (C=O) groups excluding carboxylic acids is 1. The van der Waals surface area contributed by atoms with Crippen LogP contribution in [0, 0.1) is 0 Å². The summed E-state index contributed by atoms with van der Waals surface area (Å²) in [5, 5.41) is 10.8. The molecule has 2 unspecified atom stereocenters. The number of nitrogens with zero attached hydrogens (tertiary/aromatic N) is 4. The molecule has 2 aliphatic rings. The molecule has 1 aromatic carbocycles. The third kappa shape index (κ3) is 6.75. The smallest absolute Gasteiger partial charge is 0.406 e. The monoisotopic (exact) mass is 515 g/mol. The van der Waals surface area contributed by atoms with Gasteiger partial charge >= 0.3 is 14.2 Å². The number of amides is 1. The predicted molar refractivity (Wildman–Crippen MR) is 116 cm³/mol. The maximum absolute atomic E-state index is 12.8. The highest BCUT2D eigenvalue weighted by Gasteiger charge is 2.33. The molecule has 35 heavy (non-hydrogen) atoms. The molecule has 11 nitrogen and oxygen atoms in total. The van der Waals surface area contributed by atoms with E-state index >= 15 is 0 Å². The van der Waals surface area contributed by atoms with E-state index in [0.717, 1.165) is 12.1 Å². The van der Waals surface area contributed by atoms with Gasteiger partial charge in [-0.15, -0.1) is 13.2 Å². The van der Waals surface area contributed by atoms with Gasteiger partial charge in [-0.3, -0.25) is 9.32 Å². The summed E-state index contributed by atoms with van der Waals surface area (Å²) in [6.07, 6.45) is -3.16. The lowest BCUT2D eigenvalue weighted by atomic mass is 10.0. The lowest BCUT2D eigenvalue weighted by Gasteiger charge is -2.23. The SMILES string of the molecule is O=C(Nc1ccc(OC(F)(F)F)cc1)c1cnc(N2CCC(OP(=O)(O)O)C2)c(C2CCN=N2)c1. The van der Waals surface area contributed by atoms with Crippen molar-refractivity contribution in [2.45, 2.75) is 31.3 Å². The Bertz CT molecular complexity index is 1160. The Hall–Kier alpha value is -3.06. The van der Waals surface area contributed by atoms with E-state index in [0.29, 0.717) is 37.3 Å². The van der Waals surface area contributed by atoms with Crippen molar-refractivity contribution in [3.05, 3.63) is 47.7 Å². The number of aromatic nitrogens is 1. The molecule has 1 aromatic heterocycles. The van der Waals surface area contributed by atoms with Crippen LogP contribution in [-0.2, 0) is 9.09 Å². The lowest BCUT2D eigenvalue weighted by molar-refractivity contribution is -0.274. The molecule has 0 radical (unpaired) electrons. The number of anilines is 2. The number of nitrogens with one attached hydrogen (secondary N) is 1. The van der Waals surface area contributed by atoms with Gasteiger partial charge in [-0.25, -0.2) is 9.55 Å². The Morgan fingerprint density at radius 3 is 2.57 bits per heavy atom. The predicted octanol–water partition coefficient (Wildman–Crippen LogP) is 3.82. The molecular weight excluding hydrogens is 494 g/mol. The highest BCUT2D eigenvalue weighted by atomic mass is 31.2. The van der Waals surface area contributed by atoms with Gasteiger partial charge in [-0.1, -0.05) is 0 Å². The third-order valence-corrected chi connectivity index (χ3v) is 5.89. The largest absolute Gasteiger partial charge is 0.573 e. The van der Waals surface area contributed by atoms with Crippen molar-refractivity contribution in [3.8, 4) is 5.75 Å². The Labute approximate surface area is 197 Å². The molecule has 1 amide bonds. The minimum Gasteiger partial charge on any atom is -0.406 e. The number of phosphoric ester groups is 1. The minimum atomic E-state index is -4.82. The second kappa shape index (κ2) is 9.90. The summed E-state index contributed by atoms with van der Waals surface area (Å²) >= 11 is 0. The van der Waals surface area contributed by atoms with E-state index in [4.69, 9.17) is 14.3 Å². The maximum atomic E-state index is 12.8. The van der Waals surface area contributed by atoms with E-state index in [9.17, 15) is 22.5 Å². The van der Waals surface area contributed by atoms with Crippen molar-refractivity contribution in [2.75, 3.05) is 29.9 Å². The molecule has 3 heterocycles. The number of hydrogen-bond acceptors (Lipinski definition) is 8. The van der Waals surface area contributed by atoms with Crippen molar-refractivity contribution in [2.24, 2.45) is 10.2 Å². The first-order valence-corrected chi connectivity index (χ1v) is 12.0. The van der Waals surface area contributed by atoms with Crippen LogP contribution < -0.4 is 15.0 Å². The standard InChI is InChI=1S/C20H21F3N5O6P/c21-20(22,23)33-14-3-1-13(2-4-14)26-19(29)12-9-16(17-5-7-25-27-17)18(24-10-12)28-8-6-15(11-28)34-35(30,31)32/h1-4,9-10,15,17H,5-8,11H2,(H,26,29)(H2,30,31,32). The summed E-state index contributed by atoms with van der Waals surface area (Å²) in [6, 6.07) is 5.99. The fraction of sp³-hybridized carbons (Fsp3) is 0.400. The molecular formula is C20H21F3N5O6P. The fourth-order valence-electron chi connectivity index (χ4n) is 3.86. The summed E-state index contributed by atoms with van der Waals surface area (Å²) in [6.45, 7) is 1.15. The van der Waals surface area contributed by atoms with Crippen LogP contribution in [0.1, 0.15) is 34.8 Å². The van der Waals surface area contributed by atoms with Crippen LogP contribution in [0.3, 0.4) is 0 Å². The molecule has 2 atom stereocenters. The molecule has 2 aliphatic heterocycles. The van der Waals surface area contributed by atoms with Gasteiger partial charge in [0.15, 0.2) is 0 Å². The molecule has 0 spiro atoms. The molecule has 1 fully saturated rings. The van der Waals surface area contributed by atoms with E-state index in [-0.39, 0.29) is 23.8 Å². The van der Waals surface area contributed by atoms with E-state index in [1.807, 2.05) is 4.90 Å². The molecule has 0 saturated carbocycles. The zero-order chi connectivity index (χ0) is 25.2. The molecule has 1 saturated heterocycles. The van der Waals surface area contributed by atoms with Gasteiger partial charge in [0, 0.05) is 30.5 Å². The van der Waals surface area contributed by atoms with Crippen molar-refractivity contribution < 1.29 is 41.6 Å². The zero-order valence-corrected chi connectivity index (χ0v) is 18.9. The number of pyridine rings is 1. The highest BCUT2D eigenvalue weighted by molar-refractivity contribution is 7.46. The van der Waals surface area contributed by atoms with Crippen LogP contribution in [0.15, 0.2) is 46.8 Å². The van der Waals surface area contributed by atoms with E-state index in [2.05, 4.69) is 25.3 Å².